The molecular weight excluding hydrogens is 492 g/mol. The highest BCUT2D eigenvalue weighted by Gasteiger charge is 2.15. The second kappa shape index (κ2) is 14.6. The van der Waals surface area contributed by atoms with Gasteiger partial charge in [0.15, 0.2) is 11.5 Å². The van der Waals surface area contributed by atoms with Gasteiger partial charge in [-0.25, -0.2) is 0 Å². The Morgan fingerprint density at radius 3 is 1.92 bits per heavy atom. The minimum Gasteiger partial charge on any atom is -0.491 e. The third kappa shape index (κ3) is 9.17. The number of aliphatic hydroxyl groups excluding tert-OH is 1. The Morgan fingerprint density at radius 2 is 1.31 bits per heavy atom. The van der Waals surface area contributed by atoms with E-state index >= 15 is 0 Å². The number of carbonyl (C=O) groups is 1. The van der Waals surface area contributed by atoms with Crippen molar-refractivity contribution in [2.75, 3.05) is 13.2 Å². The lowest BCUT2D eigenvalue weighted by atomic mass is 10.1. The first-order valence-electron chi connectivity index (χ1n) is 12.9. The Bertz CT molecular complexity index is 1290. The van der Waals surface area contributed by atoms with Crippen LogP contribution in [-0.2, 0) is 13.2 Å². The summed E-state index contributed by atoms with van der Waals surface area (Å²) >= 11 is 0. The third-order valence-corrected chi connectivity index (χ3v) is 5.87. The summed E-state index contributed by atoms with van der Waals surface area (Å²) in [7, 11) is 0. The van der Waals surface area contributed by atoms with E-state index in [1.54, 1.807) is 18.2 Å². The first-order valence-corrected chi connectivity index (χ1v) is 12.9. The van der Waals surface area contributed by atoms with Crippen LogP contribution in [0.2, 0.25) is 0 Å². The number of aliphatic hydroxyl groups is 1. The summed E-state index contributed by atoms with van der Waals surface area (Å²) in [5.41, 5.74) is 2.48. The topological polar surface area (TPSA) is 89.1 Å². The summed E-state index contributed by atoms with van der Waals surface area (Å²) in [5.74, 6) is 1.46. The Kier molecular flexibility index (Phi) is 10.3. The number of amides is 1. The number of hydrogen-bond donors (Lipinski definition) is 3. The van der Waals surface area contributed by atoms with Gasteiger partial charge in [0.05, 0.1) is 6.17 Å². The molecule has 0 saturated carbocycles. The predicted molar refractivity (Wildman–Crippen MR) is 151 cm³/mol. The molecule has 0 saturated heterocycles. The van der Waals surface area contributed by atoms with E-state index in [1.807, 2.05) is 97.9 Å². The molecule has 1 amide bonds. The van der Waals surface area contributed by atoms with Crippen molar-refractivity contribution in [2.45, 2.75) is 32.4 Å². The molecular formula is C32H34N2O5. The minimum atomic E-state index is -0.733. The maximum atomic E-state index is 13.0. The van der Waals surface area contributed by atoms with E-state index in [4.69, 9.17) is 14.2 Å². The molecule has 0 aliphatic rings. The molecule has 0 aromatic heterocycles. The number of rotatable bonds is 14. The highest BCUT2D eigenvalue weighted by atomic mass is 16.5. The molecule has 4 aromatic rings. The Morgan fingerprint density at radius 1 is 0.744 bits per heavy atom. The molecule has 0 aliphatic carbocycles. The SMILES string of the molecule is CC(NCC(O)COc1ccccc1)NC(=O)c1ccc(OCc2ccccc2)c(OCc2ccccc2)c1. The van der Waals surface area contributed by atoms with Crippen molar-refractivity contribution in [1.29, 1.82) is 0 Å². The van der Waals surface area contributed by atoms with Crippen LogP contribution in [0, 0.1) is 0 Å². The second-order valence-electron chi connectivity index (χ2n) is 9.09. The van der Waals surface area contributed by atoms with Crippen LogP contribution in [0.4, 0.5) is 0 Å². The molecule has 202 valence electrons. The molecule has 0 bridgehead atoms. The fourth-order valence-corrected chi connectivity index (χ4v) is 3.76. The number of ether oxygens (including phenoxy) is 3. The first-order chi connectivity index (χ1) is 19.1. The fraction of sp³-hybridized carbons (Fsp3) is 0.219. The van der Waals surface area contributed by atoms with Gasteiger partial charge in [-0.2, -0.15) is 0 Å². The zero-order valence-corrected chi connectivity index (χ0v) is 22.0. The van der Waals surface area contributed by atoms with Crippen molar-refractivity contribution in [3.63, 3.8) is 0 Å². The molecule has 0 spiro atoms. The summed E-state index contributed by atoms with van der Waals surface area (Å²) in [6.45, 7) is 2.93. The quantitative estimate of drug-likeness (QED) is 0.202. The van der Waals surface area contributed by atoms with Crippen LogP contribution in [0.1, 0.15) is 28.4 Å². The molecule has 0 heterocycles. The molecule has 7 heteroatoms. The average Bonchev–Trinajstić information content (AvgIpc) is 2.98. The number of hydrogen-bond acceptors (Lipinski definition) is 6. The molecule has 7 nitrogen and oxygen atoms in total. The summed E-state index contributed by atoms with van der Waals surface area (Å²) in [6, 6.07) is 34.1. The van der Waals surface area contributed by atoms with Gasteiger partial charge in [0.2, 0.25) is 0 Å². The lowest BCUT2D eigenvalue weighted by molar-refractivity contribution is 0.0894. The van der Waals surface area contributed by atoms with Crippen molar-refractivity contribution in [1.82, 2.24) is 10.6 Å². The fourth-order valence-electron chi connectivity index (χ4n) is 3.76. The van der Waals surface area contributed by atoms with E-state index < -0.39 is 6.10 Å². The number of benzene rings is 4. The molecule has 4 aromatic carbocycles. The molecule has 3 N–H and O–H groups in total. The van der Waals surface area contributed by atoms with Crippen LogP contribution in [0.25, 0.3) is 0 Å². The van der Waals surface area contributed by atoms with Gasteiger partial charge in [-0.1, -0.05) is 78.9 Å². The van der Waals surface area contributed by atoms with E-state index in [9.17, 15) is 9.90 Å². The average molecular weight is 527 g/mol. The van der Waals surface area contributed by atoms with E-state index in [1.165, 1.54) is 0 Å². The highest BCUT2D eigenvalue weighted by molar-refractivity contribution is 5.95. The largest absolute Gasteiger partial charge is 0.491 e. The monoisotopic (exact) mass is 526 g/mol. The summed E-state index contributed by atoms with van der Waals surface area (Å²) in [4.78, 5) is 13.0. The van der Waals surface area contributed by atoms with Gasteiger partial charge in [0.1, 0.15) is 31.7 Å². The van der Waals surface area contributed by atoms with E-state index in [2.05, 4.69) is 10.6 Å². The molecule has 39 heavy (non-hydrogen) atoms. The van der Waals surface area contributed by atoms with Crippen molar-refractivity contribution < 1.29 is 24.1 Å². The molecule has 2 unspecified atom stereocenters. The van der Waals surface area contributed by atoms with Gasteiger partial charge >= 0.3 is 0 Å². The normalized spacial score (nSPS) is 12.3. The van der Waals surface area contributed by atoms with Gasteiger partial charge in [-0.05, 0) is 48.4 Å². The third-order valence-electron chi connectivity index (χ3n) is 5.87. The van der Waals surface area contributed by atoms with Crippen LogP contribution in [0.3, 0.4) is 0 Å². The standard InChI is InChI=1S/C32H34N2O5/c1-24(33-20-28(35)23-37-29-15-9-4-10-16-29)34-32(36)27-17-18-30(38-21-25-11-5-2-6-12-25)31(19-27)39-22-26-13-7-3-8-14-26/h2-19,24,28,33,35H,20-23H2,1H3,(H,34,36). The van der Waals surface area contributed by atoms with Gasteiger partial charge in [-0.3, -0.25) is 10.1 Å². The van der Waals surface area contributed by atoms with E-state index in [0.717, 1.165) is 11.1 Å². The van der Waals surface area contributed by atoms with Crippen LogP contribution in [0.15, 0.2) is 109 Å². The van der Waals surface area contributed by atoms with Gasteiger partial charge in [-0.15, -0.1) is 0 Å². The lowest BCUT2D eigenvalue weighted by Crippen LogP contribution is -2.46. The summed E-state index contributed by atoms with van der Waals surface area (Å²) in [5, 5.41) is 16.3. The van der Waals surface area contributed by atoms with E-state index in [-0.39, 0.29) is 25.2 Å². The Labute approximate surface area is 229 Å². The predicted octanol–water partition coefficient (Wildman–Crippen LogP) is 4.95. The van der Waals surface area contributed by atoms with Crippen molar-refractivity contribution in [3.05, 3.63) is 126 Å². The lowest BCUT2D eigenvalue weighted by Gasteiger charge is -2.19. The minimum absolute atomic E-state index is 0.143. The molecule has 2 atom stereocenters. The Hall–Kier alpha value is -4.33. The van der Waals surface area contributed by atoms with Gasteiger partial charge in [0, 0.05) is 12.1 Å². The smallest absolute Gasteiger partial charge is 0.252 e. The van der Waals surface area contributed by atoms with E-state index in [0.29, 0.717) is 36.0 Å². The Balaban J connectivity index is 1.34. The van der Waals surface area contributed by atoms with Crippen molar-refractivity contribution in [3.8, 4) is 17.2 Å². The van der Waals surface area contributed by atoms with Crippen molar-refractivity contribution >= 4 is 5.91 Å². The molecule has 4 rings (SSSR count). The van der Waals surface area contributed by atoms with Crippen LogP contribution in [0.5, 0.6) is 17.2 Å². The van der Waals surface area contributed by atoms with Gasteiger partial charge < -0.3 is 24.6 Å². The zero-order valence-electron chi connectivity index (χ0n) is 22.0. The second-order valence-corrected chi connectivity index (χ2v) is 9.09. The summed E-state index contributed by atoms with van der Waals surface area (Å²) in [6.07, 6.45) is -1.12. The number of carbonyl (C=O) groups excluding carboxylic acids is 1. The first kappa shape index (κ1) is 27.7. The number of nitrogens with one attached hydrogen (secondary N) is 2. The van der Waals surface area contributed by atoms with Crippen LogP contribution in [-0.4, -0.2) is 36.4 Å². The molecule has 0 radical (unpaired) electrons. The highest BCUT2D eigenvalue weighted by Crippen LogP contribution is 2.30. The molecule has 0 aliphatic heterocycles. The maximum Gasteiger partial charge on any atom is 0.252 e. The molecule has 0 fully saturated rings. The van der Waals surface area contributed by atoms with Crippen LogP contribution >= 0.6 is 0 Å². The summed E-state index contributed by atoms with van der Waals surface area (Å²) < 4.78 is 17.7. The van der Waals surface area contributed by atoms with Crippen molar-refractivity contribution in [2.24, 2.45) is 0 Å². The zero-order chi connectivity index (χ0) is 27.3. The number of para-hydroxylation sites is 1. The van der Waals surface area contributed by atoms with Crippen LogP contribution < -0.4 is 24.8 Å². The van der Waals surface area contributed by atoms with Gasteiger partial charge in [0.25, 0.3) is 5.91 Å². The maximum absolute atomic E-state index is 13.0.